The fourth-order valence-electron chi connectivity index (χ4n) is 1.55. The summed E-state index contributed by atoms with van der Waals surface area (Å²) in [6.45, 7) is -0.0540. The molecule has 0 heterocycles. The second-order valence-corrected chi connectivity index (χ2v) is 4.02. The molecular formula is C11H11F3N2O4. The van der Waals surface area contributed by atoms with E-state index in [1.165, 1.54) is 11.9 Å². The molecule has 0 aliphatic rings. The Hall–Kier alpha value is -2.32. The van der Waals surface area contributed by atoms with Crippen LogP contribution in [-0.2, 0) is 11.0 Å². The fourth-order valence-corrected chi connectivity index (χ4v) is 1.55. The standard InChI is InChI=1S/C11H11F3N2O4/c1-15(5-4-10(17)18)8-3-2-7(11(12,13)14)6-9(8)16(19)20/h2-3,6H,4-5H2,1H3,(H,17,18). The van der Waals surface area contributed by atoms with Gasteiger partial charge >= 0.3 is 12.1 Å². The largest absolute Gasteiger partial charge is 0.481 e. The summed E-state index contributed by atoms with van der Waals surface area (Å²) in [5, 5.41) is 19.4. The number of nitrogens with zero attached hydrogens (tertiary/aromatic N) is 2. The molecule has 20 heavy (non-hydrogen) atoms. The van der Waals surface area contributed by atoms with Crippen molar-refractivity contribution >= 4 is 17.3 Å². The summed E-state index contributed by atoms with van der Waals surface area (Å²) < 4.78 is 37.5. The Kier molecular flexibility index (Phi) is 4.53. The minimum Gasteiger partial charge on any atom is -0.481 e. The van der Waals surface area contributed by atoms with Gasteiger partial charge in [0.15, 0.2) is 0 Å². The monoisotopic (exact) mass is 292 g/mol. The van der Waals surface area contributed by atoms with E-state index in [0.29, 0.717) is 6.07 Å². The van der Waals surface area contributed by atoms with E-state index in [-0.39, 0.29) is 18.7 Å². The van der Waals surface area contributed by atoms with Crippen LogP contribution in [0, 0.1) is 10.1 Å². The van der Waals surface area contributed by atoms with Crippen molar-refractivity contribution in [3.63, 3.8) is 0 Å². The van der Waals surface area contributed by atoms with Crippen LogP contribution in [0.1, 0.15) is 12.0 Å². The fraction of sp³-hybridized carbons (Fsp3) is 0.364. The second-order valence-electron chi connectivity index (χ2n) is 4.02. The Bertz CT molecular complexity index is 531. The molecule has 0 radical (unpaired) electrons. The number of rotatable bonds is 5. The van der Waals surface area contributed by atoms with Crippen molar-refractivity contribution in [2.24, 2.45) is 0 Å². The lowest BCUT2D eigenvalue weighted by molar-refractivity contribution is -0.384. The van der Waals surface area contributed by atoms with Crippen LogP contribution in [0.3, 0.4) is 0 Å². The van der Waals surface area contributed by atoms with Gasteiger partial charge in [0.05, 0.1) is 16.9 Å². The number of alkyl halides is 3. The Morgan fingerprint density at radius 1 is 1.45 bits per heavy atom. The zero-order valence-corrected chi connectivity index (χ0v) is 10.3. The van der Waals surface area contributed by atoms with Gasteiger partial charge in [0.25, 0.3) is 5.69 Å². The predicted octanol–water partition coefficient (Wildman–Crippen LogP) is 2.52. The Morgan fingerprint density at radius 3 is 2.50 bits per heavy atom. The first-order valence-electron chi connectivity index (χ1n) is 5.41. The van der Waals surface area contributed by atoms with Gasteiger partial charge in [-0.05, 0) is 12.1 Å². The van der Waals surface area contributed by atoms with Crippen LogP contribution in [-0.4, -0.2) is 29.6 Å². The van der Waals surface area contributed by atoms with Crippen LogP contribution >= 0.6 is 0 Å². The number of carboxylic acids is 1. The summed E-state index contributed by atoms with van der Waals surface area (Å²) in [6, 6.07) is 2.12. The Morgan fingerprint density at radius 2 is 2.05 bits per heavy atom. The normalized spacial score (nSPS) is 11.2. The summed E-state index contributed by atoms with van der Waals surface area (Å²) in [5.41, 5.74) is -1.91. The number of hydrogen-bond donors (Lipinski definition) is 1. The lowest BCUT2D eigenvalue weighted by atomic mass is 10.1. The van der Waals surface area contributed by atoms with Crippen molar-refractivity contribution in [1.82, 2.24) is 0 Å². The third kappa shape index (κ3) is 3.84. The number of hydrogen-bond acceptors (Lipinski definition) is 4. The van der Waals surface area contributed by atoms with Gasteiger partial charge in [0.1, 0.15) is 5.69 Å². The molecule has 0 fully saturated rings. The van der Waals surface area contributed by atoms with E-state index in [9.17, 15) is 28.1 Å². The van der Waals surface area contributed by atoms with E-state index in [1.54, 1.807) is 0 Å². The number of carboxylic acid groups (broad SMARTS) is 1. The zero-order valence-electron chi connectivity index (χ0n) is 10.3. The second kappa shape index (κ2) is 5.76. The van der Waals surface area contributed by atoms with Gasteiger partial charge in [-0.2, -0.15) is 13.2 Å². The molecule has 0 saturated heterocycles. The highest BCUT2D eigenvalue weighted by Gasteiger charge is 2.33. The van der Waals surface area contributed by atoms with E-state index in [2.05, 4.69) is 0 Å². The molecule has 0 atom stereocenters. The molecule has 9 heteroatoms. The molecule has 0 spiro atoms. The topological polar surface area (TPSA) is 83.7 Å². The van der Waals surface area contributed by atoms with Crippen LogP contribution in [0.4, 0.5) is 24.5 Å². The summed E-state index contributed by atoms with van der Waals surface area (Å²) in [5.74, 6) is -1.11. The molecule has 1 aromatic carbocycles. The smallest absolute Gasteiger partial charge is 0.416 e. The van der Waals surface area contributed by atoms with Gasteiger partial charge < -0.3 is 10.0 Å². The Labute approximate surface area is 111 Å². The van der Waals surface area contributed by atoms with Crippen molar-refractivity contribution in [1.29, 1.82) is 0 Å². The SMILES string of the molecule is CN(CCC(=O)O)c1ccc(C(F)(F)F)cc1[N+](=O)[O-]. The van der Waals surface area contributed by atoms with Crippen LogP contribution in [0.25, 0.3) is 0 Å². The van der Waals surface area contributed by atoms with Crippen molar-refractivity contribution in [3.05, 3.63) is 33.9 Å². The van der Waals surface area contributed by atoms with Crippen LogP contribution in [0.15, 0.2) is 18.2 Å². The molecule has 1 rings (SSSR count). The number of nitro benzene ring substituents is 1. The van der Waals surface area contributed by atoms with Crippen LogP contribution in [0.2, 0.25) is 0 Å². The van der Waals surface area contributed by atoms with Gasteiger partial charge in [0.2, 0.25) is 0 Å². The number of halogens is 3. The number of anilines is 1. The van der Waals surface area contributed by atoms with E-state index < -0.39 is 28.3 Å². The quantitative estimate of drug-likeness (QED) is 0.666. The molecule has 0 saturated carbocycles. The highest BCUT2D eigenvalue weighted by Crippen LogP contribution is 2.36. The van der Waals surface area contributed by atoms with Gasteiger partial charge in [0, 0.05) is 19.7 Å². The molecule has 0 aromatic heterocycles. The average Bonchev–Trinajstić information content (AvgIpc) is 2.33. The summed E-state index contributed by atoms with van der Waals surface area (Å²) >= 11 is 0. The highest BCUT2D eigenvalue weighted by molar-refractivity contribution is 5.69. The van der Waals surface area contributed by atoms with Gasteiger partial charge in [-0.25, -0.2) is 0 Å². The molecule has 1 N–H and O–H groups in total. The molecule has 0 unspecified atom stereocenters. The first kappa shape index (κ1) is 15.7. The lowest BCUT2D eigenvalue weighted by Gasteiger charge is -2.19. The van der Waals surface area contributed by atoms with E-state index in [0.717, 1.165) is 12.1 Å². The maximum Gasteiger partial charge on any atom is 0.416 e. The van der Waals surface area contributed by atoms with Crippen LogP contribution in [0.5, 0.6) is 0 Å². The van der Waals surface area contributed by atoms with Crippen molar-refractivity contribution in [2.45, 2.75) is 12.6 Å². The van der Waals surface area contributed by atoms with E-state index >= 15 is 0 Å². The molecule has 1 aromatic rings. The third-order valence-corrected chi connectivity index (χ3v) is 2.57. The van der Waals surface area contributed by atoms with Crippen molar-refractivity contribution < 1.29 is 28.0 Å². The summed E-state index contributed by atoms with van der Waals surface area (Å²) in [4.78, 5) is 21.6. The molecule has 0 amide bonds. The minimum atomic E-state index is -4.68. The summed E-state index contributed by atoms with van der Waals surface area (Å²) in [7, 11) is 1.37. The van der Waals surface area contributed by atoms with E-state index in [4.69, 9.17) is 5.11 Å². The number of aliphatic carboxylic acids is 1. The van der Waals surface area contributed by atoms with Crippen LogP contribution < -0.4 is 4.90 Å². The number of nitro groups is 1. The maximum atomic E-state index is 12.5. The first-order chi connectivity index (χ1) is 9.12. The van der Waals surface area contributed by atoms with Crippen molar-refractivity contribution in [2.75, 3.05) is 18.5 Å². The molecule has 6 nitrogen and oxygen atoms in total. The first-order valence-corrected chi connectivity index (χ1v) is 5.41. The average molecular weight is 292 g/mol. The molecule has 110 valence electrons. The number of benzene rings is 1. The third-order valence-electron chi connectivity index (χ3n) is 2.57. The highest BCUT2D eigenvalue weighted by atomic mass is 19.4. The van der Waals surface area contributed by atoms with Gasteiger partial charge in [-0.1, -0.05) is 0 Å². The lowest BCUT2D eigenvalue weighted by Crippen LogP contribution is -2.22. The van der Waals surface area contributed by atoms with E-state index in [1.807, 2.05) is 0 Å². The Balaban J connectivity index is 3.13. The summed E-state index contributed by atoms with van der Waals surface area (Å²) in [6.07, 6.45) is -4.96. The predicted molar refractivity (Wildman–Crippen MR) is 63.6 cm³/mol. The molecule has 0 aliphatic carbocycles. The minimum absolute atomic E-state index is 0.0540. The maximum absolute atomic E-state index is 12.5. The molecule has 0 aliphatic heterocycles. The molecular weight excluding hydrogens is 281 g/mol. The van der Waals surface area contributed by atoms with Gasteiger partial charge in [-0.15, -0.1) is 0 Å². The van der Waals surface area contributed by atoms with Crippen molar-refractivity contribution in [3.8, 4) is 0 Å². The van der Waals surface area contributed by atoms with Gasteiger partial charge in [-0.3, -0.25) is 14.9 Å². The number of carbonyl (C=O) groups is 1. The zero-order chi connectivity index (χ0) is 15.5. The molecule has 0 bridgehead atoms.